The highest BCUT2D eigenvalue weighted by molar-refractivity contribution is 6.06. The number of carbonyl (C=O) groups excluding carboxylic acids is 2. The van der Waals surface area contributed by atoms with Crippen molar-refractivity contribution in [1.29, 1.82) is 0 Å². The number of nitrogen functional groups attached to an aromatic ring is 1. The van der Waals surface area contributed by atoms with Gasteiger partial charge in [-0.3, -0.25) is 9.59 Å². The summed E-state index contributed by atoms with van der Waals surface area (Å²) in [7, 11) is 0. The maximum Gasteiger partial charge on any atom is 0.257 e. The highest BCUT2D eigenvalue weighted by atomic mass is 16.2. The molecule has 0 atom stereocenters. The second-order valence-electron chi connectivity index (χ2n) is 9.45. The molecule has 2 heterocycles. The van der Waals surface area contributed by atoms with Gasteiger partial charge in [0, 0.05) is 25.0 Å². The molecule has 0 radical (unpaired) electrons. The Morgan fingerprint density at radius 2 is 1.53 bits per heavy atom. The Hall–Kier alpha value is -4.85. The van der Waals surface area contributed by atoms with Gasteiger partial charge in [0.05, 0.1) is 16.9 Å². The average molecular weight is 507 g/mol. The molecule has 2 amide bonds. The van der Waals surface area contributed by atoms with Gasteiger partial charge in [0.25, 0.3) is 5.91 Å². The monoisotopic (exact) mass is 506 g/mol. The molecule has 38 heavy (non-hydrogen) atoms. The summed E-state index contributed by atoms with van der Waals surface area (Å²) in [5.41, 5.74) is 15.4. The molecule has 1 fully saturated rings. The standard InChI is InChI=1S/C30H30N6O2/c31-25-13-11-22(21-7-3-1-4-8-21)19-26(25)34-28(37)23-12-14-27(33-20-23)36-17-15-30(16-18-36,29(32)38)35-24-9-5-2-6-10-24/h1-14,19-20,35H,15-18,31H2,(H2,32,38)(H,34,37). The van der Waals surface area contributed by atoms with E-state index in [1.165, 1.54) is 0 Å². The lowest BCUT2D eigenvalue weighted by molar-refractivity contribution is -0.122. The van der Waals surface area contributed by atoms with Gasteiger partial charge in [-0.05, 0) is 60.4 Å². The summed E-state index contributed by atoms with van der Waals surface area (Å²) in [6.07, 6.45) is 2.64. The number of carbonyl (C=O) groups is 2. The van der Waals surface area contributed by atoms with E-state index in [0.29, 0.717) is 42.9 Å². The van der Waals surface area contributed by atoms with Gasteiger partial charge in [-0.2, -0.15) is 0 Å². The van der Waals surface area contributed by atoms with Crippen LogP contribution in [0.1, 0.15) is 23.2 Å². The Morgan fingerprint density at radius 3 is 2.16 bits per heavy atom. The number of piperidine rings is 1. The normalized spacial score (nSPS) is 14.5. The SMILES string of the molecule is NC(=O)C1(Nc2ccccc2)CCN(c2ccc(C(=O)Nc3cc(-c4ccccc4)ccc3N)cn2)CC1. The van der Waals surface area contributed by atoms with Crippen LogP contribution in [0.3, 0.4) is 0 Å². The van der Waals surface area contributed by atoms with Gasteiger partial charge >= 0.3 is 0 Å². The van der Waals surface area contributed by atoms with Crippen molar-refractivity contribution < 1.29 is 9.59 Å². The number of rotatable bonds is 7. The maximum absolute atomic E-state index is 13.0. The van der Waals surface area contributed by atoms with Crippen LogP contribution in [0.25, 0.3) is 11.1 Å². The van der Waals surface area contributed by atoms with Gasteiger partial charge in [-0.25, -0.2) is 4.98 Å². The molecule has 8 nitrogen and oxygen atoms in total. The minimum atomic E-state index is -0.814. The Kier molecular flexibility index (Phi) is 6.95. The van der Waals surface area contributed by atoms with Crippen molar-refractivity contribution in [2.45, 2.75) is 18.4 Å². The molecule has 3 aromatic carbocycles. The lowest BCUT2D eigenvalue weighted by atomic mass is 9.86. The van der Waals surface area contributed by atoms with Crippen LogP contribution in [0.4, 0.5) is 22.9 Å². The van der Waals surface area contributed by atoms with Gasteiger partial charge < -0.3 is 27.0 Å². The summed E-state index contributed by atoms with van der Waals surface area (Å²) in [4.78, 5) is 32.0. The Bertz CT molecular complexity index is 1420. The van der Waals surface area contributed by atoms with Crippen LogP contribution in [0.5, 0.6) is 0 Å². The summed E-state index contributed by atoms with van der Waals surface area (Å²) < 4.78 is 0. The fraction of sp³-hybridized carbons (Fsp3) is 0.167. The van der Waals surface area contributed by atoms with Crippen molar-refractivity contribution in [3.05, 3.63) is 103 Å². The van der Waals surface area contributed by atoms with Crippen LogP contribution in [0, 0.1) is 0 Å². The molecule has 0 spiro atoms. The third-order valence-electron chi connectivity index (χ3n) is 6.99. The zero-order valence-electron chi connectivity index (χ0n) is 20.9. The molecule has 8 heteroatoms. The first-order chi connectivity index (χ1) is 18.4. The molecule has 1 aromatic heterocycles. The van der Waals surface area contributed by atoms with E-state index >= 15 is 0 Å². The molecule has 0 bridgehead atoms. The second-order valence-corrected chi connectivity index (χ2v) is 9.45. The number of para-hydroxylation sites is 1. The predicted octanol–water partition coefficient (Wildman–Crippen LogP) is 4.52. The first-order valence-electron chi connectivity index (χ1n) is 12.5. The largest absolute Gasteiger partial charge is 0.397 e. The van der Waals surface area contributed by atoms with Gasteiger partial charge in [0.2, 0.25) is 5.91 Å². The molecule has 6 N–H and O–H groups in total. The molecule has 5 rings (SSSR count). The molecule has 0 aliphatic carbocycles. The van der Waals surface area contributed by atoms with E-state index in [0.717, 1.165) is 22.6 Å². The van der Waals surface area contributed by atoms with E-state index in [1.54, 1.807) is 18.3 Å². The molecular weight excluding hydrogens is 476 g/mol. The van der Waals surface area contributed by atoms with Gasteiger partial charge in [-0.15, -0.1) is 0 Å². The van der Waals surface area contributed by atoms with Gasteiger partial charge in [0.1, 0.15) is 11.4 Å². The van der Waals surface area contributed by atoms with Crippen molar-refractivity contribution >= 4 is 34.7 Å². The fourth-order valence-corrected chi connectivity index (χ4v) is 4.72. The number of anilines is 4. The third-order valence-corrected chi connectivity index (χ3v) is 6.99. The maximum atomic E-state index is 13.0. The average Bonchev–Trinajstić information content (AvgIpc) is 2.95. The van der Waals surface area contributed by atoms with Crippen molar-refractivity contribution in [1.82, 2.24) is 4.98 Å². The van der Waals surface area contributed by atoms with Crippen LogP contribution >= 0.6 is 0 Å². The number of amides is 2. The predicted molar refractivity (Wildman–Crippen MR) is 152 cm³/mol. The third kappa shape index (κ3) is 5.29. The van der Waals surface area contributed by atoms with E-state index in [1.807, 2.05) is 78.9 Å². The quantitative estimate of drug-likeness (QED) is 0.273. The van der Waals surface area contributed by atoms with Crippen LogP contribution in [-0.4, -0.2) is 35.4 Å². The molecule has 0 unspecified atom stereocenters. The number of aromatic nitrogens is 1. The number of primary amides is 1. The minimum absolute atomic E-state index is 0.292. The second kappa shape index (κ2) is 10.6. The molecule has 1 aliphatic heterocycles. The topological polar surface area (TPSA) is 126 Å². The van der Waals surface area contributed by atoms with Gasteiger partial charge in [0.15, 0.2) is 0 Å². The number of benzene rings is 3. The fourth-order valence-electron chi connectivity index (χ4n) is 4.72. The number of nitrogens with two attached hydrogens (primary N) is 2. The van der Waals surface area contributed by atoms with Crippen molar-refractivity contribution in [3.63, 3.8) is 0 Å². The molecular formula is C30H30N6O2. The van der Waals surface area contributed by atoms with Crippen LogP contribution in [0.2, 0.25) is 0 Å². The minimum Gasteiger partial charge on any atom is -0.397 e. The summed E-state index contributed by atoms with van der Waals surface area (Å²) >= 11 is 0. The van der Waals surface area contributed by atoms with E-state index < -0.39 is 5.54 Å². The van der Waals surface area contributed by atoms with Crippen molar-refractivity contribution in [3.8, 4) is 11.1 Å². The molecule has 192 valence electrons. The van der Waals surface area contributed by atoms with E-state index in [9.17, 15) is 9.59 Å². The molecule has 1 aliphatic rings. The van der Waals surface area contributed by atoms with E-state index in [2.05, 4.69) is 20.5 Å². The highest BCUT2D eigenvalue weighted by Gasteiger charge is 2.40. The number of nitrogens with one attached hydrogen (secondary N) is 2. The van der Waals surface area contributed by atoms with Gasteiger partial charge in [-0.1, -0.05) is 54.6 Å². The first-order valence-corrected chi connectivity index (χ1v) is 12.5. The number of hydrogen-bond acceptors (Lipinski definition) is 6. The lowest BCUT2D eigenvalue weighted by Gasteiger charge is -2.41. The highest BCUT2D eigenvalue weighted by Crippen LogP contribution is 2.30. The lowest BCUT2D eigenvalue weighted by Crippen LogP contribution is -2.57. The molecule has 0 saturated carbocycles. The Labute approximate surface area is 221 Å². The van der Waals surface area contributed by atoms with E-state index in [-0.39, 0.29) is 11.8 Å². The summed E-state index contributed by atoms with van der Waals surface area (Å²) in [5, 5.41) is 6.25. The summed E-state index contributed by atoms with van der Waals surface area (Å²) in [6.45, 7) is 1.20. The van der Waals surface area contributed by atoms with Crippen molar-refractivity contribution in [2.75, 3.05) is 34.4 Å². The molecule has 1 saturated heterocycles. The number of hydrogen-bond donors (Lipinski definition) is 4. The van der Waals surface area contributed by atoms with Crippen molar-refractivity contribution in [2.24, 2.45) is 5.73 Å². The number of pyridine rings is 1. The van der Waals surface area contributed by atoms with Crippen LogP contribution in [-0.2, 0) is 4.79 Å². The zero-order chi connectivity index (χ0) is 26.5. The molecule has 4 aromatic rings. The smallest absolute Gasteiger partial charge is 0.257 e. The Balaban J connectivity index is 1.24. The number of nitrogens with zero attached hydrogens (tertiary/aromatic N) is 2. The summed E-state index contributed by atoms with van der Waals surface area (Å²) in [5.74, 6) is 0.0842. The zero-order valence-corrected chi connectivity index (χ0v) is 20.9. The summed E-state index contributed by atoms with van der Waals surface area (Å²) in [6, 6.07) is 28.7. The first kappa shape index (κ1) is 24.8. The van der Waals surface area contributed by atoms with E-state index in [4.69, 9.17) is 11.5 Å². The van der Waals surface area contributed by atoms with Crippen LogP contribution in [0.15, 0.2) is 97.2 Å². The van der Waals surface area contributed by atoms with Crippen LogP contribution < -0.4 is 27.0 Å². The Morgan fingerprint density at radius 1 is 0.842 bits per heavy atom.